The first kappa shape index (κ1) is 22.1. The van der Waals surface area contributed by atoms with Crippen LogP contribution in [0, 0.1) is 6.92 Å². The molecule has 0 fully saturated rings. The summed E-state index contributed by atoms with van der Waals surface area (Å²) in [4.78, 5) is 38.0. The van der Waals surface area contributed by atoms with Gasteiger partial charge in [0.05, 0.1) is 12.7 Å². The zero-order valence-electron chi connectivity index (χ0n) is 18.3. The molecule has 1 aliphatic carbocycles. The fraction of sp³-hybridized carbons (Fsp3) is 0.375. The molecule has 3 aromatic rings. The Kier molecular flexibility index (Phi) is 6.32. The lowest BCUT2D eigenvalue weighted by atomic mass is 9.95. The van der Waals surface area contributed by atoms with Gasteiger partial charge in [0.1, 0.15) is 16.3 Å². The van der Waals surface area contributed by atoms with Crippen LogP contribution in [0.1, 0.15) is 51.7 Å². The van der Waals surface area contributed by atoms with E-state index in [2.05, 4.69) is 5.32 Å². The van der Waals surface area contributed by atoms with Crippen LogP contribution in [0.3, 0.4) is 0 Å². The second-order valence-corrected chi connectivity index (χ2v) is 8.86. The summed E-state index contributed by atoms with van der Waals surface area (Å²) in [6.07, 6.45) is 4.50. The van der Waals surface area contributed by atoms with E-state index in [1.165, 1.54) is 24.5 Å². The molecule has 8 heteroatoms. The number of anilines is 1. The Morgan fingerprint density at radius 3 is 2.75 bits per heavy atom. The van der Waals surface area contributed by atoms with E-state index in [9.17, 15) is 14.4 Å². The first-order chi connectivity index (χ1) is 15.4. The van der Waals surface area contributed by atoms with Crippen LogP contribution >= 0.6 is 11.3 Å². The minimum Gasteiger partial charge on any atom is -0.483 e. The van der Waals surface area contributed by atoms with Crippen molar-refractivity contribution in [1.29, 1.82) is 0 Å². The lowest BCUT2D eigenvalue weighted by Gasteiger charge is -2.13. The summed E-state index contributed by atoms with van der Waals surface area (Å²) >= 11 is 1.43. The number of carbonyl (C=O) groups is 2. The molecule has 0 spiro atoms. The number of esters is 1. The topological polar surface area (TPSA) is 94.8 Å². The van der Waals surface area contributed by atoms with Gasteiger partial charge in [-0.2, -0.15) is 0 Å². The van der Waals surface area contributed by atoms with Crippen molar-refractivity contribution in [3.8, 4) is 5.75 Å². The number of benzene rings is 1. The van der Waals surface area contributed by atoms with Crippen molar-refractivity contribution in [2.75, 3.05) is 19.0 Å². The number of methoxy groups -OCH3 is 1. The third-order valence-electron chi connectivity index (χ3n) is 5.75. The number of rotatable bonds is 6. The van der Waals surface area contributed by atoms with Gasteiger partial charge in [0.15, 0.2) is 6.61 Å². The summed E-state index contributed by atoms with van der Waals surface area (Å²) < 4.78 is 16.1. The van der Waals surface area contributed by atoms with Crippen molar-refractivity contribution in [3.05, 3.63) is 55.8 Å². The van der Waals surface area contributed by atoms with Crippen molar-refractivity contribution in [2.24, 2.45) is 0 Å². The van der Waals surface area contributed by atoms with E-state index >= 15 is 0 Å². The predicted molar refractivity (Wildman–Crippen MR) is 123 cm³/mol. The van der Waals surface area contributed by atoms with Gasteiger partial charge in [-0.05, 0) is 62.3 Å². The van der Waals surface area contributed by atoms with Gasteiger partial charge in [-0.3, -0.25) is 4.79 Å². The van der Waals surface area contributed by atoms with Crippen molar-refractivity contribution < 1.29 is 23.5 Å². The number of hydrogen-bond donors (Lipinski definition) is 1. The lowest BCUT2D eigenvalue weighted by Crippen LogP contribution is -2.21. The molecule has 0 radical (unpaired) electrons. The van der Waals surface area contributed by atoms with E-state index in [0.717, 1.165) is 47.1 Å². The van der Waals surface area contributed by atoms with E-state index in [4.69, 9.17) is 13.9 Å². The smallest absolute Gasteiger partial charge is 0.341 e. The maximum atomic E-state index is 12.6. The molecule has 1 aromatic carbocycles. The van der Waals surface area contributed by atoms with Crippen molar-refractivity contribution in [3.63, 3.8) is 0 Å². The first-order valence-corrected chi connectivity index (χ1v) is 11.5. The summed E-state index contributed by atoms with van der Waals surface area (Å²) in [6.45, 7) is 3.52. The molecule has 7 nitrogen and oxygen atoms in total. The second-order valence-electron chi connectivity index (χ2n) is 7.75. The lowest BCUT2D eigenvalue weighted by molar-refractivity contribution is -0.118. The highest BCUT2D eigenvalue weighted by Crippen LogP contribution is 2.38. The predicted octanol–water partition coefficient (Wildman–Crippen LogP) is 4.41. The molecule has 168 valence electrons. The van der Waals surface area contributed by atoms with Gasteiger partial charge in [-0.15, -0.1) is 11.3 Å². The molecule has 1 amide bonds. The zero-order chi connectivity index (χ0) is 22.8. The Balaban J connectivity index is 1.53. The quantitative estimate of drug-likeness (QED) is 0.437. The largest absolute Gasteiger partial charge is 0.483 e. The fourth-order valence-corrected chi connectivity index (χ4v) is 5.43. The molecule has 2 heterocycles. The van der Waals surface area contributed by atoms with Crippen molar-refractivity contribution in [2.45, 2.75) is 46.0 Å². The molecular formula is C24H25NO6S. The third kappa shape index (κ3) is 4.14. The molecule has 0 saturated heterocycles. The van der Waals surface area contributed by atoms with Gasteiger partial charge in [0.2, 0.25) is 0 Å². The number of carbonyl (C=O) groups excluding carboxylic acids is 2. The summed E-state index contributed by atoms with van der Waals surface area (Å²) in [7, 11) is 1.34. The van der Waals surface area contributed by atoms with Gasteiger partial charge in [-0.1, -0.05) is 6.92 Å². The number of fused-ring (bicyclic) bond motifs is 2. The van der Waals surface area contributed by atoms with Crippen LogP contribution < -0.4 is 15.7 Å². The summed E-state index contributed by atoms with van der Waals surface area (Å²) in [5.74, 6) is -0.354. The van der Waals surface area contributed by atoms with Gasteiger partial charge in [-0.25, -0.2) is 9.59 Å². The monoisotopic (exact) mass is 455 g/mol. The Morgan fingerprint density at radius 1 is 1.22 bits per heavy atom. The number of amides is 1. The number of ether oxygens (including phenoxy) is 2. The second kappa shape index (κ2) is 9.16. The molecule has 1 N–H and O–H groups in total. The van der Waals surface area contributed by atoms with E-state index in [-0.39, 0.29) is 12.5 Å². The maximum Gasteiger partial charge on any atom is 0.341 e. The molecule has 0 atom stereocenters. The molecular weight excluding hydrogens is 430 g/mol. The molecule has 0 bridgehead atoms. The highest BCUT2D eigenvalue weighted by Gasteiger charge is 2.27. The Morgan fingerprint density at radius 2 is 2.00 bits per heavy atom. The van der Waals surface area contributed by atoms with E-state index in [0.29, 0.717) is 33.9 Å². The third-order valence-corrected chi connectivity index (χ3v) is 6.96. The standard InChI is InChI=1S/C24H25NO6S/c1-4-14-11-20(27)31-22-13(2)17(10-9-15(14)22)30-12-19(26)25-23-21(24(28)29-3)16-7-5-6-8-18(16)32-23/h9-11H,4-8,12H2,1-3H3,(H,25,26). The van der Waals surface area contributed by atoms with Gasteiger partial charge in [0.25, 0.3) is 5.91 Å². The van der Waals surface area contributed by atoms with E-state index in [1.54, 1.807) is 13.0 Å². The Labute approximate surface area is 189 Å². The highest BCUT2D eigenvalue weighted by molar-refractivity contribution is 7.17. The highest BCUT2D eigenvalue weighted by atomic mass is 32.1. The van der Waals surface area contributed by atoms with Crippen LogP contribution in [-0.2, 0) is 28.8 Å². The first-order valence-electron chi connectivity index (χ1n) is 10.6. The number of aryl methyl sites for hydroxylation is 3. The minimum atomic E-state index is -0.437. The zero-order valence-corrected chi connectivity index (χ0v) is 19.1. The maximum absolute atomic E-state index is 12.6. The minimum absolute atomic E-state index is 0.243. The number of hydrogen-bond acceptors (Lipinski definition) is 7. The van der Waals surface area contributed by atoms with Crippen LogP contribution in [0.5, 0.6) is 5.75 Å². The summed E-state index contributed by atoms with van der Waals surface area (Å²) in [5.41, 5.74) is 3.05. The number of nitrogens with one attached hydrogen (secondary N) is 1. The molecule has 32 heavy (non-hydrogen) atoms. The van der Waals surface area contributed by atoms with E-state index in [1.807, 2.05) is 13.0 Å². The van der Waals surface area contributed by atoms with Gasteiger partial charge < -0.3 is 19.2 Å². The summed E-state index contributed by atoms with van der Waals surface area (Å²) in [5, 5.41) is 4.18. The summed E-state index contributed by atoms with van der Waals surface area (Å²) in [6, 6.07) is 5.10. The average molecular weight is 456 g/mol. The van der Waals surface area contributed by atoms with Crippen LogP contribution in [0.4, 0.5) is 5.00 Å². The SMILES string of the molecule is CCc1cc(=O)oc2c(C)c(OCC(=O)Nc3sc4c(c3C(=O)OC)CCCC4)ccc12. The van der Waals surface area contributed by atoms with Crippen molar-refractivity contribution in [1.82, 2.24) is 0 Å². The van der Waals surface area contributed by atoms with Gasteiger partial charge in [0, 0.05) is 21.9 Å². The molecule has 0 unspecified atom stereocenters. The van der Waals surface area contributed by atoms with Crippen LogP contribution in [0.15, 0.2) is 27.4 Å². The van der Waals surface area contributed by atoms with Crippen LogP contribution in [0.25, 0.3) is 11.0 Å². The van der Waals surface area contributed by atoms with Crippen molar-refractivity contribution >= 4 is 39.2 Å². The molecule has 4 rings (SSSR count). The van der Waals surface area contributed by atoms with Crippen LogP contribution in [0.2, 0.25) is 0 Å². The average Bonchev–Trinajstić information content (AvgIpc) is 3.15. The Bertz CT molecular complexity index is 1260. The molecule has 1 aliphatic rings. The Hall–Kier alpha value is -3.13. The number of thiophene rings is 1. The molecule has 0 aliphatic heterocycles. The molecule has 2 aromatic heterocycles. The van der Waals surface area contributed by atoms with Gasteiger partial charge >= 0.3 is 11.6 Å². The van der Waals surface area contributed by atoms with Crippen LogP contribution in [-0.4, -0.2) is 25.6 Å². The normalized spacial score (nSPS) is 13.0. The molecule has 0 saturated carbocycles. The van der Waals surface area contributed by atoms with E-state index < -0.39 is 11.6 Å². The fourth-order valence-electron chi connectivity index (χ4n) is 4.13.